The van der Waals surface area contributed by atoms with Gasteiger partial charge in [0.25, 0.3) is 0 Å². The third-order valence-corrected chi connectivity index (χ3v) is 2.83. The molecular weight excluding hydrogens is 275 g/mol. The van der Waals surface area contributed by atoms with E-state index < -0.39 is 23.3 Å². The minimum atomic E-state index is -4.67. The van der Waals surface area contributed by atoms with Crippen molar-refractivity contribution in [3.8, 4) is 0 Å². The number of alkyl halides is 3. The Morgan fingerprint density at radius 3 is 2.50 bits per heavy atom. The molecule has 0 aliphatic heterocycles. The lowest BCUT2D eigenvalue weighted by Crippen LogP contribution is -2.09. The Morgan fingerprint density at radius 2 is 2.05 bits per heavy atom. The first kappa shape index (κ1) is 14.2. The lowest BCUT2D eigenvalue weighted by atomic mass is 10.2. The Balaban J connectivity index is 2.19. The molecule has 0 bridgehead atoms. The lowest BCUT2D eigenvalue weighted by Gasteiger charge is -2.04. The molecule has 0 radical (unpaired) electrons. The number of rotatable bonds is 4. The van der Waals surface area contributed by atoms with Crippen LogP contribution in [-0.4, -0.2) is 25.4 Å². The third kappa shape index (κ3) is 3.01. The van der Waals surface area contributed by atoms with Crippen LogP contribution in [0.3, 0.4) is 0 Å². The average Bonchev–Trinajstić information content (AvgIpc) is 2.91. The summed E-state index contributed by atoms with van der Waals surface area (Å²) in [5, 5.41) is 12.8. The van der Waals surface area contributed by atoms with Crippen LogP contribution in [0.5, 0.6) is 0 Å². The molecule has 0 amide bonds. The molecule has 20 heavy (non-hydrogen) atoms. The summed E-state index contributed by atoms with van der Waals surface area (Å²) < 4.78 is 40.9. The first-order valence-electron chi connectivity index (χ1n) is 5.75. The standard InChI is InChI=1S/C12H12F3N3O2/c1-17-5-8(4-16-17)2-3-18-6-9(11(19)20)10(7-18)12(13,14)15/h4-7H,2-3H2,1H3,(H,19,20). The van der Waals surface area contributed by atoms with Gasteiger partial charge in [0.1, 0.15) is 0 Å². The third-order valence-electron chi connectivity index (χ3n) is 2.83. The Kier molecular flexibility index (Phi) is 3.56. The predicted octanol–water partition coefficient (Wildman–Crippen LogP) is 2.18. The zero-order valence-corrected chi connectivity index (χ0v) is 10.6. The van der Waals surface area contributed by atoms with Gasteiger partial charge in [0.15, 0.2) is 0 Å². The van der Waals surface area contributed by atoms with E-state index in [0.29, 0.717) is 6.42 Å². The van der Waals surface area contributed by atoms with Gasteiger partial charge in [0.2, 0.25) is 0 Å². The Labute approximate surface area is 112 Å². The van der Waals surface area contributed by atoms with Crippen molar-refractivity contribution in [2.75, 3.05) is 0 Å². The van der Waals surface area contributed by atoms with Gasteiger partial charge in [0, 0.05) is 32.2 Å². The number of carboxylic acid groups (broad SMARTS) is 1. The quantitative estimate of drug-likeness (QED) is 0.937. The number of aromatic nitrogens is 3. The molecule has 2 aromatic rings. The SMILES string of the molecule is Cn1cc(CCn2cc(C(=O)O)c(C(F)(F)F)c2)cn1. The van der Waals surface area contributed by atoms with Crippen molar-refractivity contribution >= 4 is 5.97 Å². The first-order chi connectivity index (χ1) is 9.27. The maximum absolute atomic E-state index is 12.7. The molecule has 2 heterocycles. The van der Waals surface area contributed by atoms with Crippen molar-refractivity contribution in [2.24, 2.45) is 7.05 Å². The maximum atomic E-state index is 12.7. The minimum absolute atomic E-state index is 0.252. The van der Waals surface area contributed by atoms with Gasteiger partial charge in [-0.2, -0.15) is 18.3 Å². The summed E-state index contributed by atoms with van der Waals surface area (Å²) in [4.78, 5) is 10.8. The van der Waals surface area contributed by atoms with E-state index in [0.717, 1.165) is 18.0 Å². The number of carbonyl (C=O) groups is 1. The van der Waals surface area contributed by atoms with Crippen LogP contribution in [0.15, 0.2) is 24.8 Å². The van der Waals surface area contributed by atoms with E-state index in [1.165, 1.54) is 4.57 Å². The number of carboxylic acids is 1. The molecule has 0 atom stereocenters. The van der Waals surface area contributed by atoms with Crippen molar-refractivity contribution < 1.29 is 23.1 Å². The van der Waals surface area contributed by atoms with Crippen LogP contribution in [0.25, 0.3) is 0 Å². The zero-order valence-electron chi connectivity index (χ0n) is 10.6. The Morgan fingerprint density at radius 1 is 1.35 bits per heavy atom. The molecule has 0 saturated heterocycles. The number of nitrogens with zero attached hydrogens (tertiary/aromatic N) is 3. The summed E-state index contributed by atoms with van der Waals surface area (Å²) in [5.74, 6) is -1.59. The fourth-order valence-corrected chi connectivity index (χ4v) is 1.89. The van der Waals surface area contributed by atoms with Crippen molar-refractivity contribution in [1.29, 1.82) is 0 Å². The summed E-state index contributed by atoms with van der Waals surface area (Å²) >= 11 is 0. The van der Waals surface area contributed by atoms with E-state index in [9.17, 15) is 18.0 Å². The Bertz CT molecular complexity index is 628. The number of hydrogen-bond acceptors (Lipinski definition) is 2. The van der Waals surface area contributed by atoms with Crippen LogP contribution in [0.2, 0.25) is 0 Å². The highest BCUT2D eigenvalue weighted by Crippen LogP contribution is 2.32. The minimum Gasteiger partial charge on any atom is -0.478 e. The van der Waals surface area contributed by atoms with E-state index in [1.807, 2.05) is 0 Å². The summed E-state index contributed by atoms with van der Waals surface area (Å²) in [6.45, 7) is 0.252. The highest BCUT2D eigenvalue weighted by Gasteiger charge is 2.36. The monoisotopic (exact) mass is 287 g/mol. The van der Waals surface area contributed by atoms with Crippen LogP contribution in [0.1, 0.15) is 21.5 Å². The maximum Gasteiger partial charge on any atom is 0.418 e. The van der Waals surface area contributed by atoms with E-state index in [1.54, 1.807) is 24.1 Å². The summed E-state index contributed by atoms with van der Waals surface area (Å²) in [6.07, 6.45) is 0.992. The average molecular weight is 287 g/mol. The highest BCUT2D eigenvalue weighted by atomic mass is 19.4. The van der Waals surface area contributed by atoms with Gasteiger partial charge in [0.05, 0.1) is 17.3 Å². The number of aromatic carboxylic acids is 1. The fourth-order valence-electron chi connectivity index (χ4n) is 1.89. The molecule has 0 aliphatic carbocycles. The van der Waals surface area contributed by atoms with Gasteiger partial charge in [-0.25, -0.2) is 4.79 Å². The summed E-state index contributed by atoms with van der Waals surface area (Å²) in [5.41, 5.74) is -0.994. The van der Waals surface area contributed by atoms with Gasteiger partial charge in [-0.15, -0.1) is 0 Å². The van der Waals surface area contributed by atoms with Gasteiger partial charge in [-0.1, -0.05) is 0 Å². The fraction of sp³-hybridized carbons (Fsp3) is 0.333. The van der Waals surface area contributed by atoms with Crippen LogP contribution in [0, 0.1) is 0 Å². The molecule has 0 unspecified atom stereocenters. The van der Waals surface area contributed by atoms with Crippen LogP contribution < -0.4 is 0 Å². The van der Waals surface area contributed by atoms with Gasteiger partial charge >= 0.3 is 12.1 Å². The van der Waals surface area contributed by atoms with Gasteiger partial charge in [-0.3, -0.25) is 4.68 Å². The smallest absolute Gasteiger partial charge is 0.418 e. The summed E-state index contributed by atoms with van der Waals surface area (Å²) in [7, 11) is 1.74. The molecule has 108 valence electrons. The normalized spacial score (nSPS) is 11.8. The van der Waals surface area contributed by atoms with Crippen LogP contribution in [-0.2, 0) is 26.2 Å². The first-order valence-corrected chi connectivity index (χ1v) is 5.75. The molecule has 0 saturated carbocycles. The van der Waals surface area contributed by atoms with Crippen molar-refractivity contribution in [1.82, 2.24) is 14.3 Å². The molecule has 0 aromatic carbocycles. The van der Waals surface area contributed by atoms with E-state index >= 15 is 0 Å². The molecular formula is C12H12F3N3O2. The second kappa shape index (κ2) is 5.03. The molecule has 2 rings (SSSR count). The van der Waals surface area contributed by atoms with Crippen LogP contribution >= 0.6 is 0 Å². The van der Waals surface area contributed by atoms with E-state index in [2.05, 4.69) is 5.10 Å². The topological polar surface area (TPSA) is 60.0 Å². The van der Waals surface area contributed by atoms with Gasteiger partial charge in [-0.05, 0) is 12.0 Å². The molecule has 0 fully saturated rings. The molecule has 1 N–H and O–H groups in total. The van der Waals surface area contributed by atoms with Gasteiger partial charge < -0.3 is 9.67 Å². The Hall–Kier alpha value is -2.25. The molecule has 5 nitrogen and oxygen atoms in total. The summed E-state index contributed by atoms with van der Waals surface area (Å²) in [6, 6.07) is 0. The van der Waals surface area contributed by atoms with Crippen molar-refractivity contribution in [2.45, 2.75) is 19.1 Å². The molecule has 0 aliphatic rings. The second-order valence-electron chi connectivity index (χ2n) is 4.40. The van der Waals surface area contributed by atoms with Crippen LogP contribution in [0.4, 0.5) is 13.2 Å². The zero-order chi connectivity index (χ0) is 14.9. The number of halogens is 3. The molecule has 8 heteroatoms. The van der Waals surface area contributed by atoms with E-state index in [4.69, 9.17) is 5.11 Å². The largest absolute Gasteiger partial charge is 0.478 e. The lowest BCUT2D eigenvalue weighted by molar-refractivity contribution is -0.138. The molecule has 0 spiro atoms. The number of hydrogen-bond donors (Lipinski definition) is 1. The van der Waals surface area contributed by atoms with E-state index in [-0.39, 0.29) is 6.54 Å². The predicted molar refractivity (Wildman–Crippen MR) is 63.3 cm³/mol. The van der Waals surface area contributed by atoms with Crippen molar-refractivity contribution in [3.63, 3.8) is 0 Å². The highest BCUT2D eigenvalue weighted by molar-refractivity contribution is 5.89. The van der Waals surface area contributed by atoms with Crippen molar-refractivity contribution in [3.05, 3.63) is 41.5 Å². The molecule has 2 aromatic heterocycles. The second-order valence-corrected chi connectivity index (χ2v) is 4.40. The number of aryl methyl sites for hydroxylation is 3.